The van der Waals surface area contributed by atoms with Gasteiger partial charge < -0.3 is 19.6 Å². The third-order valence-corrected chi connectivity index (χ3v) is 5.98. The Bertz CT molecular complexity index is 1040. The van der Waals surface area contributed by atoms with Crippen molar-refractivity contribution in [2.75, 3.05) is 32.1 Å². The second-order valence-electron chi connectivity index (χ2n) is 8.25. The molecule has 2 aliphatic rings. The van der Waals surface area contributed by atoms with Gasteiger partial charge in [-0.05, 0) is 47.9 Å². The summed E-state index contributed by atoms with van der Waals surface area (Å²) in [5.74, 6) is -0.516. The van der Waals surface area contributed by atoms with Crippen LogP contribution in [0, 0.1) is 0 Å². The van der Waals surface area contributed by atoms with Crippen molar-refractivity contribution >= 4 is 23.1 Å². The first kappa shape index (κ1) is 21.0. The molecule has 0 spiro atoms. The number of nitrogens with zero attached hydrogens (tertiary/aromatic N) is 2. The second-order valence-corrected chi connectivity index (χ2v) is 8.25. The summed E-state index contributed by atoms with van der Waals surface area (Å²) in [5.41, 5.74) is 3.52. The molecular weight excluding hydrogens is 392 g/mol. The molecule has 0 aliphatic carbocycles. The van der Waals surface area contributed by atoms with Crippen molar-refractivity contribution in [2.45, 2.75) is 32.2 Å². The van der Waals surface area contributed by atoms with E-state index in [0.717, 1.165) is 41.8 Å². The maximum atomic E-state index is 13.0. The molecule has 2 aromatic rings. The average molecular weight is 421 g/mol. The molecule has 0 bridgehead atoms. The van der Waals surface area contributed by atoms with Crippen molar-refractivity contribution in [2.24, 2.45) is 0 Å². The monoisotopic (exact) mass is 420 g/mol. The number of hydrogen-bond donors (Lipinski definition) is 1. The van der Waals surface area contributed by atoms with Gasteiger partial charge >= 0.3 is 0 Å². The Morgan fingerprint density at radius 1 is 1.16 bits per heavy atom. The van der Waals surface area contributed by atoms with Crippen LogP contribution in [0.5, 0.6) is 5.75 Å². The van der Waals surface area contributed by atoms with Crippen LogP contribution in [-0.4, -0.2) is 48.9 Å². The van der Waals surface area contributed by atoms with E-state index in [-0.39, 0.29) is 11.3 Å². The highest BCUT2D eigenvalue weighted by Crippen LogP contribution is 2.40. The topological polar surface area (TPSA) is 70.1 Å². The fourth-order valence-electron chi connectivity index (χ4n) is 4.23. The maximum Gasteiger partial charge on any atom is 0.295 e. The van der Waals surface area contributed by atoms with Gasteiger partial charge in [0, 0.05) is 38.3 Å². The number of aliphatic hydroxyl groups excluding tert-OH is 1. The highest BCUT2D eigenvalue weighted by Gasteiger charge is 2.45. The second kappa shape index (κ2) is 8.46. The lowest BCUT2D eigenvalue weighted by atomic mass is 9.94. The van der Waals surface area contributed by atoms with Gasteiger partial charge in [-0.2, -0.15) is 0 Å². The maximum absolute atomic E-state index is 13.0. The summed E-state index contributed by atoms with van der Waals surface area (Å²) < 4.78 is 5.55. The first-order chi connectivity index (χ1) is 14.9. The lowest BCUT2D eigenvalue weighted by Crippen LogP contribution is -2.30. The third kappa shape index (κ3) is 3.78. The van der Waals surface area contributed by atoms with Gasteiger partial charge in [0.15, 0.2) is 0 Å². The quantitative estimate of drug-likeness (QED) is 0.436. The Kier molecular flexibility index (Phi) is 5.72. The summed E-state index contributed by atoms with van der Waals surface area (Å²) in [5, 5.41) is 11.2. The first-order valence-corrected chi connectivity index (χ1v) is 10.7. The molecule has 162 valence electrons. The number of amides is 1. The van der Waals surface area contributed by atoms with E-state index in [1.54, 1.807) is 11.0 Å². The molecule has 31 heavy (non-hydrogen) atoms. The normalized spacial score (nSPS) is 19.5. The van der Waals surface area contributed by atoms with Gasteiger partial charge in [0.05, 0.1) is 18.2 Å². The fourth-order valence-corrected chi connectivity index (χ4v) is 4.23. The fraction of sp³-hybridized carbons (Fsp3) is 0.360. The first-order valence-electron chi connectivity index (χ1n) is 10.7. The molecular formula is C25H28N2O4. The highest BCUT2D eigenvalue weighted by molar-refractivity contribution is 6.46. The number of hydrogen-bond acceptors (Lipinski definition) is 5. The molecule has 4 rings (SSSR count). The molecule has 0 saturated carbocycles. The number of fused-ring (bicyclic) bond motifs is 1. The number of carbonyl (C=O) groups is 2. The van der Waals surface area contributed by atoms with E-state index in [0.29, 0.717) is 18.7 Å². The molecule has 6 nitrogen and oxygen atoms in total. The van der Waals surface area contributed by atoms with Gasteiger partial charge in [-0.3, -0.25) is 9.59 Å². The Hall–Kier alpha value is -3.28. The van der Waals surface area contributed by atoms with Crippen molar-refractivity contribution in [3.63, 3.8) is 0 Å². The van der Waals surface area contributed by atoms with Crippen molar-refractivity contribution in [3.8, 4) is 5.75 Å². The van der Waals surface area contributed by atoms with Crippen LogP contribution >= 0.6 is 0 Å². The lowest BCUT2D eigenvalue weighted by Gasteiger charge is -2.25. The van der Waals surface area contributed by atoms with E-state index >= 15 is 0 Å². The smallest absolute Gasteiger partial charge is 0.295 e. The van der Waals surface area contributed by atoms with Gasteiger partial charge in [-0.25, -0.2) is 0 Å². The molecule has 2 aromatic carbocycles. The lowest BCUT2D eigenvalue weighted by molar-refractivity contribution is -0.139. The summed E-state index contributed by atoms with van der Waals surface area (Å²) in [6.45, 7) is 3.12. The van der Waals surface area contributed by atoms with E-state index in [4.69, 9.17) is 4.74 Å². The molecule has 1 amide bonds. The van der Waals surface area contributed by atoms with Crippen molar-refractivity contribution in [1.29, 1.82) is 0 Å². The Balaban J connectivity index is 1.82. The molecule has 2 aliphatic heterocycles. The molecule has 1 N–H and O–H groups in total. The summed E-state index contributed by atoms with van der Waals surface area (Å²) in [6.07, 6.45) is 2.45. The molecule has 1 fully saturated rings. The van der Waals surface area contributed by atoms with Crippen molar-refractivity contribution in [1.82, 2.24) is 4.90 Å². The largest absolute Gasteiger partial charge is 0.507 e. The minimum atomic E-state index is -0.632. The van der Waals surface area contributed by atoms with Crippen molar-refractivity contribution < 1.29 is 19.4 Å². The zero-order valence-corrected chi connectivity index (χ0v) is 18.2. The van der Waals surface area contributed by atoms with E-state index in [1.807, 2.05) is 62.3 Å². The van der Waals surface area contributed by atoms with Gasteiger partial charge in [-0.15, -0.1) is 0 Å². The Labute approximate surface area is 182 Å². The number of rotatable bonds is 6. The van der Waals surface area contributed by atoms with E-state index in [9.17, 15) is 14.7 Å². The average Bonchev–Trinajstić information content (AvgIpc) is 3.34. The summed E-state index contributed by atoms with van der Waals surface area (Å²) >= 11 is 0. The van der Waals surface area contributed by atoms with E-state index in [2.05, 4.69) is 0 Å². The molecule has 1 saturated heterocycles. The summed E-state index contributed by atoms with van der Waals surface area (Å²) in [7, 11) is 3.92. The number of carbonyl (C=O) groups excluding carboxylic acids is 2. The predicted molar refractivity (Wildman–Crippen MR) is 120 cm³/mol. The number of ketones is 1. The van der Waals surface area contributed by atoms with Crippen LogP contribution < -0.4 is 9.64 Å². The summed E-state index contributed by atoms with van der Waals surface area (Å²) in [6, 6.07) is 12.6. The number of benzene rings is 2. The van der Waals surface area contributed by atoms with Gasteiger partial charge in [0.2, 0.25) is 0 Å². The number of unbranched alkanes of at least 4 members (excludes halogenated alkanes) is 1. The number of ether oxygens (including phenoxy) is 1. The van der Waals surface area contributed by atoms with Crippen LogP contribution in [0.4, 0.5) is 5.69 Å². The Morgan fingerprint density at radius 3 is 2.58 bits per heavy atom. The third-order valence-electron chi connectivity index (χ3n) is 5.98. The zero-order chi connectivity index (χ0) is 22.1. The molecule has 1 unspecified atom stereocenters. The summed E-state index contributed by atoms with van der Waals surface area (Å²) in [4.78, 5) is 29.5. The SMILES string of the molecule is CCCCN1C(=O)C(=O)/C(=C(\O)c2ccc3c(c2)CCO3)C1c1ccc(N(C)C)cc1. The number of likely N-dealkylation sites (tertiary alicyclic amines) is 1. The molecule has 0 aromatic heterocycles. The van der Waals surface area contributed by atoms with Crippen LogP contribution in [0.25, 0.3) is 5.76 Å². The van der Waals surface area contributed by atoms with Crippen LogP contribution in [0.3, 0.4) is 0 Å². The van der Waals surface area contributed by atoms with Gasteiger partial charge in [0.1, 0.15) is 11.5 Å². The number of Topliss-reactive ketones (excluding diaryl/α,β-unsaturated/α-hetero) is 1. The highest BCUT2D eigenvalue weighted by atomic mass is 16.5. The van der Waals surface area contributed by atoms with E-state index in [1.165, 1.54) is 0 Å². The Morgan fingerprint density at radius 2 is 1.90 bits per heavy atom. The molecule has 0 radical (unpaired) electrons. The van der Waals surface area contributed by atoms with Crippen LogP contribution in [-0.2, 0) is 16.0 Å². The standard InChI is InChI=1S/C25H28N2O4/c1-4-5-13-27-22(16-6-9-19(10-7-16)26(2)3)21(24(29)25(27)30)23(28)18-8-11-20-17(15-18)12-14-31-20/h6-11,15,22,28H,4-5,12-14H2,1-3H3/b23-21-. The van der Waals surface area contributed by atoms with Crippen LogP contribution in [0.15, 0.2) is 48.0 Å². The van der Waals surface area contributed by atoms with Gasteiger partial charge in [0.25, 0.3) is 11.7 Å². The number of anilines is 1. The van der Waals surface area contributed by atoms with Gasteiger partial charge in [-0.1, -0.05) is 25.5 Å². The van der Waals surface area contributed by atoms with E-state index < -0.39 is 17.7 Å². The molecule has 2 heterocycles. The molecule has 1 atom stereocenters. The minimum absolute atomic E-state index is 0.131. The van der Waals surface area contributed by atoms with Crippen LogP contribution in [0.2, 0.25) is 0 Å². The minimum Gasteiger partial charge on any atom is -0.507 e. The predicted octanol–water partition coefficient (Wildman–Crippen LogP) is 3.91. The zero-order valence-electron chi connectivity index (χ0n) is 18.2. The van der Waals surface area contributed by atoms with Crippen LogP contribution in [0.1, 0.15) is 42.5 Å². The number of aliphatic hydroxyl groups is 1. The van der Waals surface area contributed by atoms with Crippen molar-refractivity contribution in [3.05, 3.63) is 64.7 Å². The molecule has 6 heteroatoms.